The molecule has 0 aromatic heterocycles. The van der Waals surface area contributed by atoms with E-state index in [1.165, 1.54) is 0 Å². The van der Waals surface area contributed by atoms with Gasteiger partial charge < -0.3 is 15.3 Å². The average Bonchev–Trinajstić information content (AvgIpc) is 3.11. The highest BCUT2D eigenvalue weighted by Crippen LogP contribution is 2.48. The van der Waals surface area contributed by atoms with E-state index in [9.17, 15) is 14.7 Å². The Morgan fingerprint density at radius 3 is 2.61 bits per heavy atom. The molecule has 2 saturated carbocycles. The fraction of sp³-hybridized carbons (Fsp3) is 0.824. The van der Waals surface area contributed by atoms with Gasteiger partial charge in [-0.25, -0.2) is 4.79 Å². The maximum atomic E-state index is 12.4. The minimum atomic E-state index is -0.745. The average molecular weight is 319 g/mol. The number of carbonyl (C=O) groups excluding carboxylic acids is 1. The Balaban J connectivity index is 1.49. The Labute approximate surface area is 136 Å². The first-order valence-electron chi connectivity index (χ1n) is 8.71. The van der Waals surface area contributed by atoms with Crippen molar-refractivity contribution in [2.45, 2.75) is 44.9 Å². The lowest BCUT2D eigenvalue weighted by molar-refractivity contribution is -0.149. The molecule has 3 aliphatic rings. The smallest absolute Gasteiger partial charge is 0.317 e. The van der Waals surface area contributed by atoms with Crippen LogP contribution in [0.2, 0.25) is 0 Å². The minimum absolute atomic E-state index is 0.108. The number of amides is 2. The van der Waals surface area contributed by atoms with E-state index in [0.29, 0.717) is 32.0 Å². The van der Waals surface area contributed by atoms with Gasteiger partial charge in [0.05, 0.1) is 11.5 Å². The molecule has 1 heterocycles. The molecule has 2 aliphatic carbocycles. The van der Waals surface area contributed by atoms with Crippen LogP contribution in [0.25, 0.3) is 0 Å². The number of nitrogens with zero attached hydrogens (tertiary/aromatic N) is 2. The maximum Gasteiger partial charge on any atom is 0.317 e. The molecule has 0 unspecified atom stereocenters. The monoisotopic (exact) mass is 319 g/mol. The Kier molecular flexibility index (Phi) is 4.47. The summed E-state index contributed by atoms with van der Waals surface area (Å²) in [7, 11) is 0. The van der Waals surface area contributed by atoms with Gasteiger partial charge in [0.1, 0.15) is 0 Å². The summed E-state index contributed by atoms with van der Waals surface area (Å²) in [5, 5.41) is 21.5. The molecular weight excluding hydrogens is 294 g/mol. The number of aliphatic carboxylic acids is 1. The zero-order chi connectivity index (χ0) is 16.4. The zero-order valence-electron chi connectivity index (χ0n) is 13.5. The van der Waals surface area contributed by atoms with Gasteiger partial charge in [-0.1, -0.05) is 6.42 Å². The van der Waals surface area contributed by atoms with Gasteiger partial charge in [-0.15, -0.1) is 0 Å². The van der Waals surface area contributed by atoms with Gasteiger partial charge in [0.15, 0.2) is 0 Å². The lowest BCUT2D eigenvalue weighted by atomic mass is 9.81. The standard InChI is InChI=1S/C17H25N3O3/c18-8-12-3-5-13(6-4-12)9-19-16(23)20-10-14-2-1-7-17(14,11-20)15(21)22/h12-14H,1-7,9-11H2,(H,19,23)(H,21,22)/t12?,13?,14-,17+/m0/s1. The van der Waals surface area contributed by atoms with Crippen molar-refractivity contribution in [3.05, 3.63) is 0 Å². The van der Waals surface area contributed by atoms with Crippen LogP contribution in [0, 0.1) is 34.5 Å². The molecule has 0 bridgehead atoms. The number of nitriles is 1. The van der Waals surface area contributed by atoms with Crippen LogP contribution in [0.5, 0.6) is 0 Å². The van der Waals surface area contributed by atoms with Crippen molar-refractivity contribution in [3.63, 3.8) is 0 Å². The van der Waals surface area contributed by atoms with Crippen molar-refractivity contribution in [2.24, 2.45) is 23.2 Å². The molecule has 1 saturated heterocycles. The molecule has 0 spiro atoms. The second-order valence-electron chi connectivity index (χ2n) is 7.46. The number of fused-ring (bicyclic) bond motifs is 1. The van der Waals surface area contributed by atoms with Crippen LogP contribution in [0.4, 0.5) is 4.79 Å². The summed E-state index contributed by atoms with van der Waals surface area (Å²) in [6, 6.07) is 2.20. The summed E-state index contributed by atoms with van der Waals surface area (Å²) >= 11 is 0. The Morgan fingerprint density at radius 2 is 2.00 bits per heavy atom. The number of likely N-dealkylation sites (tertiary alicyclic amines) is 1. The molecule has 1 aliphatic heterocycles. The lowest BCUT2D eigenvalue weighted by Gasteiger charge is -2.27. The summed E-state index contributed by atoms with van der Waals surface area (Å²) in [6.45, 7) is 1.55. The number of nitrogens with one attached hydrogen (secondary N) is 1. The van der Waals surface area contributed by atoms with Crippen LogP contribution in [0.1, 0.15) is 44.9 Å². The number of hydrogen-bond acceptors (Lipinski definition) is 3. The summed E-state index contributed by atoms with van der Waals surface area (Å²) in [5.41, 5.74) is -0.706. The molecule has 126 valence electrons. The van der Waals surface area contributed by atoms with E-state index in [2.05, 4.69) is 11.4 Å². The fourth-order valence-electron chi connectivity index (χ4n) is 4.63. The van der Waals surface area contributed by atoms with E-state index >= 15 is 0 Å². The van der Waals surface area contributed by atoms with E-state index in [-0.39, 0.29) is 17.9 Å². The molecule has 2 amide bonds. The van der Waals surface area contributed by atoms with Crippen LogP contribution in [0.3, 0.4) is 0 Å². The SMILES string of the molecule is N#CC1CCC(CNC(=O)N2C[C@@H]3CCC[C@@]3(C(=O)O)C2)CC1. The van der Waals surface area contributed by atoms with Crippen molar-refractivity contribution in [1.29, 1.82) is 5.26 Å². The first kappa shape index (κ1) is 16.1. The predicted octanol–water partition coefficient (Wildman–Crippen LogP) is 2.21. The summed E-state index contributed by atoms with van der Waals surface area (Å²) < 4.78 is 0. The molecule has 3 fully saturated rings. The Hall–Kier alpha value is -1.77. The van der Waals surface area contributed by atoms with Crippen molar-refractivity contribution in [2.75, 3.05) is 19.6 Å². The molecule has 3 rings (SSSR count). The fourth-order valence-corrected chi connectivity index (χ4v) is 4.63. The van der Waals surface area contributed by atoms with Crippen LogP contribution in [0.15, 0.2) is 0 Å². The van der Waals surface area contributed by atoms with Crippen molar-refractivity contribution in [3.8, 4) is 6.07 Å². The highest BCUT2D eigenvalue weighted by atomic mass is 16.4. The van der Waals surface area contributed by atoms with E-state index in [4.69, 9.17) is 5.26 Å². The number of carbonyl (C=O) groups is 2. The molecule has 2 N–H and O–H groups in total. The quantitative estimate of drug-likeness (QED) is 0.834. The van der Waals surface area contributed by atoms with Crippen LogP contribution >= 0.6 is 0 Å². The largest absolute Gasteiger partial charge is 0.481 e. The van der Waals surface area contributed by atoms with Gasteiger partial charge in [0, 0.05) is 25.6 Å². The molecule has 2 atom stereocenters. The molecule has 6 heteroatoms. The number of hydrogen-bond donors (Lipinski definition) is 2. The van der Waals surface area contributed by atoms with Gasteiger partial charge in [-0.3, -0.25) is 4.79 Å². The van der Waals surface area contributed by atoms with Gasteiger partial charge in [0.2, 0.25) is 0 Å². The maximum absolute atomic E-state index is 12.4. The lowest BCUT2D eigenvalue weighted by Crippen LogP contribution is -2.43. The Bertz CT molecular complexity index is 522. The summed E-state index contributed by atoms with van der Waals surface area (Å²) in [6.07, 6.45) is 6.37. The Morgan fingerprint density at radius 1 is 1.26 bits per heavy atom. The first-order valence-corrected chi connectivity index (χ1v) is 8.71. The topological polar surface area (TPSA) is 93.4 Å². The number of urea groups is 1. The molecular formula is C17H25N3O3. The molecule has 23 heavy (non-hydrogen) atoms. The van der Waals surface area contributed by atoms with Crippen molar-refractivity contribution >= 4 is 12.0 Å². The van der Waals surface area contributed by atoms with Gasteiger partial charge in [-0.05, 0) is 50.4 Å². The third kappa shape index (κ3) is 3.01. The second kappa shape index (κ2) is 6.38. The van der Waals surface area contributed by atoms with Crippen molar-refractivity contribution < 1.29 is 14.7 Å². The number of carboxylic acid groups (broad SMARTS) is 1. The molecule has 0 aromatic carbocycles. The van der Waals surface area contributed by atoms with Crippen LogP contribution in [-0.2, 0) is 4.79 Å². The number of carboxylic acids is 1. The first-order chi connectivity index (χ1) is 11.0. The van der Waals surface area contributed by atoms with Crippen LogP contribution < -0.4 is 5.32 Å². The van der Waals surface area contributed by atoms with E-state index in [1.54, 1.807) is 4.90 Å². The van der Waals surface area contributed by atoms with Crippen molar-refractivity contribution in [1.82, 2.24) is 10.2 Å². The summed E-state index contributed by atoms with van der Waals surface area (Å²) in [4.78, 5) is 25.7. The van der Waals surface area contributed by atoms with Gasteiger partial charge in [-0.2, -0.15) is 5.26 Å². The van der Waals surface area contributed by atoms with Gasteiger partial charge in [0.25, 0.3) is 0 Å². The highest BCUT2D eigenvalue weighted by molar-refractivity contribution is 5.80. The predicted molar refractivity (Wildman–Crippen MR) is 83.4 cm³/mol. The van der Waals surface area contributed by atoms with E-state index in [0.717, 1.165) is 38.5 Å². The van der Waals surface area contributed by atoms with E-state index < -0.39 is 11.4 Å². The summed E-state index contributed by atoms with van der Waals surface area (Å²) in [5.74, 6) is -0.0173. The molecule has 6 nitrogen and oxygen atoms in total. The highest BCUT2D eigenvalue weighted by Gasteiger charge is 2.55. The minimum Gasteiger partial charge on any atom is -0.481 e. The van der Waals surface area contributed by atoms with Gasteiger partial charge >= 0.3 is 12.0 Å². The normalized spacial score (nSPS) is 36.3. The molecule has 0 radical (unpaired) electrons. The third-order valence-electron chi connectivity index (χ3n) is 6.16. The number of rotatable bonds is 3. The van der Waals surface area contributed by atoms with Crippen LogP contribution in [-0.4, -0.2) is 41.6 Å². The van der Waals surface area contributed by atoms with E-state index in [1.807, 2.05) is 0 Å². The second-order valence-corrected chi connectivity index (χ2v) is 7.46. The molecule has 0 aromatic rings. The third-order valence-corrected chi connectivity index (χ3v) is 6.16. The zero-order valence-corrected chi connectivity index (χ0v) is 13.5.